The molecule has 1 N–H and O–H groups in total. The van der Waals surface area contributed by atoms with E-state index in [0.29, 0.717) is 11.5 Å². The third-order valence-electron chi connectivity index (χ3n) is 6.43. The van der Waals surface area contributed by atoms with Crippen LogP contribution in [0.15, 0.2) is 59.7 Å². The fraction of sp³-hybridized carbons (Fsp3) is 0.333. The number of anilines is 1. The molecule has 0 saturated carbocycles. The van der Waals surface area contributed by atoms with Crippen LogP contribution in [0.3, 0.4) is 0 Å². The van der Waals surface area contributed by atoms with Gasteiger partial charge in [-0.2, -0.15) is 5.10 Å². The zero-order valence-corrected chi connectivity index (χ0v) is 19.5. The number of hydrazone groups is 1. The van der Waals surface area contributed by atoms with Crippen LogP contribution in [-0.4, -0.2) is 31.3 Å². The molecule has 0 saturated heterocycles. The van der Waals surface area contributed by atoms with Gasteiger partial charge in [-0.05, 0) is 67.6 Å². The molecule has 0 aliphatic carbocycles. The van der Waals surface area contributed by atoms with E-state index < -0.39 is 0 Å². The molecule has 1 aliphatic rings. The number of hydrogen-bond acceptors (Lipinski definition) is 4. The van der Waals surface area contributed by atoms with Gasteiger partial charge in [-0.25, -0.2) is 5.43 Å². The first kappa shape index (κ1) is 21.9. The summed E-state index contributed by atoms with van der Waals surface area (Å²) in [7, 11) is 1.67. The van der Waals surface area contributed by atoms with Gasteiger partial charge < -0.3 is 9.64 Å². The van der Waals surface area contributed by atoms with E-state index in [1.54, 1.807) is 13.3 Å². The van der Waals surface area contributed by atoms with E-state index in [1.165, 1.54) is 11.3 Å². The third kappa shape index (κ3) is 4.07. The molecule has 3 aromatic carbocycles. The van der Waals surface area contributed by atoms with Crippen molar-refractivity contribution in [2.75, 3.05) is 18.6 Å². The van der Waals surface area contributed by atoms with Gasteiger partial charge in [0.05, 0.1) is 13.3 Å². The Morgan fingerprint density at radius 1 is 1.19 bits per heavy atom. The number of carbonyl (C=O) groups is 1. The number of nitrogens with one attached hydrogen (secondary N) is 1. The number of amides is 1. The summed E-state index contributed by atoms with van der Waals surface area (Å²) < 4.78 is 5.67. The van der Waals surface area contributed by atoms with Gasteiger partial charge in [-0.1, -0.05) is 37.3 Å². The van der Waals surface area contributed by atoms with Gasteiger partial charge in [0.2, 0.25) is 0 Å². The number of hydrogen-bond donors (Lipinski definition) is 1. The summed E-state index contributed by atoms with van der Waals surface area (Å²) in [6.07, 6.45) is 2.75. The third-order valence-corrected chi connectivity index (χ3v) is 6.43. The number of rotatable bonds is 5. The molecule has 0 aromatic heterocycles. The molecule has 0 radical (unpaired) electrons. The lowest BCUT2D eigenvalue weighted by Gasteiger charge is -2.47. The summed E-state index contributed by atoms with van der Waals surface area (Å²) in [6, 6.07) is 17.9. The first-order chi connectivity index (χ1) is 15.3. The van der Waals surface area contributed by atoms with Crippen LogP contribution in [0.5, 0.6) is 5.75 Å². The molecule has 1 unspecified atom stereocenters. The van der Waals surface area contributed by atoms with Gasteiger partial charge in [-0.15, -0.1) is 0 Å². The Morgan fingerprint density at radius 2 is 1.94 bits per heavy atom. The molecule has 0 spiro atoms. The minimum atomic E-state index is -0.240. The van der Waals surface area contributed by atoms with E-state index >= 15 is 0 Å². The summed E-state index contributed by atoms with van der Waals surface area (Å²) in [6.45, 7) is 9.97. The van der Waals surface area contributed by atoms with E-state index in [-0.39, 0.29) is 11.4 Å². The standard InChI is InChI=1S/C27H31N3O2/c1-6-30-24-15-25(32-5)22(14-23(24)18(2)16-27(30,3)4)17-28-29-26(31)21-12-11-19-9-7-8-10-20(19)13-21/h7-15,17-18H,6,16H2,1-5H3,(H,29,31)/b28-17-. The SMILES string of the molecule is CCN1c2cc(OC)c(/C=N\NC(=O)c3ccc4ccccc4c3)cc2C(C)CC1(C)C. The second-order valence-electron chi connectivity index (χ2n) is 9.08. The minimum absolute atomic E-state index is 0.0929. The molecule has 4 rings (SSSR count). The number of ether oxygens (including phenoxy) is 1. The minimum Gasteiger partial charge on any atom is -0.496 e. The Labute approximate surface area is 190 Å². The topological polar surface area (TPSA) is 53.9 Å². The van der Waals surface area contributed by atoms with Gasteiger partial charge in [0.25, 0.3) is 5.91 Å². The number of fused-ring (bicyclic) bond motifs is 2. The molecule has 0 bridgehead atoms. The van der Waals surface area contributed by atoms with Crippen LogP contribution in [0.25, 0.3) is 10.8 Å². The smallest absolute Gasteiger partial charge is 0.271 e. The van der Waals surface area contributed by atoms with Crippen LogP contribution in [0, 0.1) is 0 Å². The first-order valence-corrected chi connectivity index (χ1v) is 11.2. The molecule has 32 heavy (non-hydrogen) atoms. The van der Waals surface area contributed by atoms with E-state index in [0.717, 1.165) is 35.1 Å². The zero-order chi connectivity index (χ0) is 22.9. The van der Waals surface area contributed by atoms with Crippen molar-refractivity contribution in [3.05, 3.63) is 71.3 Å². The summed E-state index contributed by atoms with van der Waals surface area (Å²) >= 11 is 0. The highest BCUT2D eigenvalue weighted by molar-refractivity contribution is 5.99. The highest BCUT2D eigenvalue weighted by Gasteiger charge is 2.36. The predicted octanol–water partition coefficient (Wildman–Crippen LogP) is 5.72. The fourth-order valence-electron chi connectivity index (χ4n) is 4.96. The van der Waals surface area contributed by atoms with E-state index in [2.05, 4.69) is 55.3 Å². The van der Waals surface area contributed by atoms with Crippen molar-refractivity contribution in [1.29, 1.82) is 0 Å². The molecular formula is C27H31N3O2. The lowest BCUT2D eigenvalue weighted by molar-refractivity contribution is 0.0955. The van der Waals surface area contributed by atoms with Gasteiger partial charge in [0.15, 0.2) is 0 Å². The molecule has 1 atom stereocenters. The van der Waals surface area contributed by atoms with Crippen molar-refractivity contribution in [1.82, 2.24) is 5.43 Å². The Morgan fingerprint density at radius 3 is 2.66 bits per heavy atom. The lowest BCUT2D eigenvalue weighted by Crippen LogP contribution is -2.48. The average Bonchev–Trinajstić information content (AvgIpc) is 2.78. The number of benzene rings is 3. The second kappa shape index (κ2) is 8.65. The van der Waals surface area contributed by atoms with Crippen LogP contribution in [0.2, 0.25) is 0 Å². The van der Waals surface area contributed by atoms with Crippen molar-refractivity contribution >= 4 is 28.6 Å². The lowest BCUT2D eigenvalue weighted by atomic mass is 9.79. The van der Waals surface area contributed by atoms with E-state index in [4.69, 9.17) is 4.74 Å². The number of methoxy groups -OCH3 is 1. The normalized spacial score (nSPS) is 17.4. The highest BCUT2D eigenvalue weighted by atomic mass is 16.5. The molecule has 0 fully saturated rings. The largest absolute Gasteiger partial charge is 0.496 e. The van der Waals surface area contributed by atoms with Crippen LogP contribution in [0.4, 0.5) is 5.69 Å². The van der Waals surface area contributed by atoms with Crippen LogP contribution in [-0.2, 0) is 0 Å². The van der Waals surface area contributed by atoms with Crippen LogP contribution in [0.1, 0.15) is 61.5 Å². The summed E-state index contributed by atoms with van der Waals surface area (Å²) in [4.78, 5) is 15.0. The molecule has 3 aromatic rings. The van der Waals surface area contributed by atoms with E-state index in [9.17, 15) is 4.79 Å². The second-order valence-corrected chi connectivity index (χ2v) is 9.08. The predicted molar refractivity (Wildman–Crippen MR) is 132 cm³/mol. The van der Waals surface area contributed by atoms with Crippen molar-refractivity contribution in [3.8, 4) is 5.75 Å². The zero-order valence-electron chi connectivity index (χ0n) is 19.5. The fourth-order valence-corrected chi connectivity index (χ4v) is 4.96. The Kier molecular flexibility index (Phi) is 5.92. The maximum Gasteiger partial charge on any atom is 0.271 e. The van der Waals surface area contributed by atoms with E-state index in [1.807, 2.05) is 42.5 Å². The maximum atomic E-state index is 12.6. The first-order valence-electron chi connectivity index (χ1n) is 11.2. The summed E-state index contributed by atoms with van der Waals surface area (Å²) in [5.74, 6) is 0.931. The van der Waals surface area contributed by atoms with Gasteiger partial charge >= 0.3 is 0 Å². The molecule has 1 aliphatic heterocycles. The Balaban J connectivity index is 1.58. The van der Waals surface area contributed by atoms with Crippen molar-refractivity contribution in [2.45, 2.75) is 45.6 Å². The van der Waals surface area contributed by atoms with Gasteiger partial charge in [0, 0.05) is 35.0 Å². The average molecular weight is 430 g/mol. The molecule has 1 heterocycles. The molecule has 5 nitrogen and oxygen atoms in total. The number of carbonyl (C=O) groups excluding carboxylic acids is 1. The molecular weight excluding hydrogens is 398 g/mol. The Hall–Kier alpha value is -3.34. The summed E-state index contributed by atoms with van der Waals surface area (Å²) in [5.41, 5.74) is 6.68. The molecule has 5 heteroatoms. The highest BCUT2D eigenvalue weighted by Crippen LogP contribution is 2.45. The monoisotopic (exact) mass is 429 g/mol. The van der Waals surface area contributed by atoms with Gasteiger partial charge in [0.1, 0.15) is 5.75 Å². The maximum absolute atomic E-state index is 12.6. The molecule has 166 valence electrons. The quantitative estimate of drug-likeness (QED) is 0.417. The van der Waals surface area contributed by atoms with Crippen LogP contribution < -0.4 is 15.1 Å². The Bertz CT molecular complexity index is 1180. The number of nitrogens with zero attached hydrogens (tertiary/aromatic N) is 2. The van der Waals surface area contributed by atoms with Crippen molar-refractivity contribution in [2.24, 2.45) is 5.10 Å². The summed E-state index contributed by atoms with van der Waals surface area (Å²) in [5, 5.41) is 6.36. The van der Waals surface area contributed by atoms with Crippen LogP contribution >= 0.6 is 0 Å². The van der Waals surface area contributed by atoms with Crippen molar-refractivity contribution in [3.63, 3.8) is 0 Å². The van der Waals surface area contributed by atoms with Gasteiger partial charge in [-0.3, -0.25) is 4.79 Å². The molecule has 1 amide bonds. The van der Waals surface area contributed by atoms with Crippen molar-refractivity contribution < 1.29 is 9.53 Å².